The van der Waals surface area contributed by atoms with Crippen molar-refractivity contribution in [3.05, 3.63) is 52.3 Å². The number of H-pyrrole nitrogens is 1. The van der Waals surface area contributed by atoms with Crippen LogP contribution in [0.5, 0.6) is 0 Å². The second-order valence-electron chi connectivity index (χ2n) is 5.59. The molecule has 6 nitrogen and oxygen atoms in total. The standard InChI is InChI=1S/C17H14ClF3N2O4/c1-8(24)10-5-14(22-7-10)16(26)27-9(2)15(25)23-13-6-11(17(19,20)21)3-4-12(13)18/h3-7,9,22H,1-2H3,(H,23,25)/t9-/m0/s1. The molecule has 1 amide bonds. The van der Waals surface area contributed by atoms with E-state index in [-0.39, 0.29) is 27.8 Å². The van der Waals surface area contributed by atoms with Crippen LogP contribution in [-0.2, 0) is 15.7 Å². The molecule has 1 atom stereocenters. The fraction of sp³-hybridized carbons (Fsp3) is 0.235. The van der Waals surface area contributed by atoms with Gasteiger partial charge in [0.15, 0.2) is 11.9 Å². The Kier molecular flexibility index (Phi) is 5.94. The molecule has 0 fully saturated rings. The van der Waals surface area contributed by atoms with Gasteiger partial charge in [0.05, 0.1) is 16.3 Å². The molecule has 0 bridgehead atoms. The zero-order valence-corrected chi connectivity index (χ0v) is 14.9. The van der Waals surface area contributed by atoms with Crippen LogP contribution in [-0.4, -0.2) is 28.7 Å². The number of carbonyl (C=O) groups excluding carboxylic acids is 3. The quantitative estimate of drug-likeness (QED) is 0.582. The number of ether oxygens (including phenoxy) is 1. The average Bonchev–Trinajstić information content (AvgIpc) is 3.06. The maximum Gasteiger partial charge on any atom is 0.416 e. The summed E-state index contributed by atoms with van der Waals surface area (Å²) < 4.78 is 43.2. The number of hydrogen-bond acceptors (Lipinski definition) is 4. The van der Waals surface area contributed by atoms with Gasteiger partial charge < -0.3 is 15.0 Å². The van der Waals surface area contributed by atoms with Crippen molar-refractivity contribution in [2.24, 2.45) is 0 Å². The van der Waals surface area contributed by atoms with E-state index in [9.17, 15) is 27.6 Å². The maximum atomic E-state index is 12.8. The lowest BCUT2D eigenvalue weighted by atomic mass is 10.2. The lowest BCUT2D eigenvalue weighted by Crippen LogP contribution is -2.30. The molecule has 1 aromatic carbocycles. The van der Waals surface area contributed by atoms with E-state index >= 15 is 0 Å². The maximum absolute atomic E-state index is 12.8. The molecule has 2 aromatic rings. The Labute approximate surface area is 156 Å². The van der Waals surface area contributed by atoms with E-state index in [1.54, 1.807) is 0 Å². The van der Waals surface area contributed by atoms with Crippen molar-refractivity contribution in [1.82, 2.24) is 4.98 Å². The molecule has 27 heavy (non-hydrogen) atoms. The van der Waals surface area contributed by atoms with Crippen LogP contribution >= 0.6 is 11.6 Å². The molecule has 0 saturated carbocycles. The number of aromatic nitrogens is 1. The Bertz CT molecular complexity index is 893. The zero-order chi connectivity index (χ0) is 20.4. The summed E-state index contributed by atoms with van der Waals surface area (Å²) in [6.45, 7) is 2.55. The van der Waals surface area contributed by atoms with Crippen LogP contribution in [0.15, 0.2) is 30.5 Å². The Morgan fingerprint density at radius 2 is 1.89 bits per heavy atom. The van der Waals surface area contributed by atoms with Crippen molar-refractivity contribution in [2.45, 2.75) is 26.1 Å². The van der Waals surface area contributed by atoms with Crippen LogP contribution < -0.4 is 5.32 Å². The van der Waals surface area contributed by atoms with Crippen LogP contribution in [0.1, 0.15) is 40.3 Å². The number of alkyl halides is 3. The number of halogens is 4. The van der Waals surface area contributed by atoms with Crippen molar-refractivity contribution in [1.29, 1.82) is 0 Å². The van der Waals surface area contributed by atoms with E-state index in [2.05, 4.69) is 10.3 Å². The SMILES string of the molecule is CC(=O)c1c[nH]c(C(=O)O[C@@H](C)C(=O)Nc2cc(C(F)(F)F)ccc2Cl)c1. The molecule has 2 rings (SSSR count). The molecule has 2 N–H and O–H groups in total. The van der Waals surface area contributed by atoms with Gasteiger partial charge in [-0.2, -0.15) is 13.2 Å². The fourth-order valence-electron chi connectivity index (χ4n) is 2.02. The minimum Gasteiger partial charge on any atom is -0.448 e. The van der Waals surface area contributed by atoms with Gasteiger partial charge in [-0.15, -0.1) is 0 Å². The van der Waals surface area contributed by atoms with Gasteiger partial charge in [0.1, 0.15) is 5.69 Å². The van der Waals surface area contributed by atoms with Crippen molar-refractivity contribution >= 4 is 34.9 Å². The number of aromatic amines is 1. The largest absolute Gasteiger partial charge is 0.448 e. The monoisotopic (exact) mass is 402 g/mol. The summed E-state index contributed by atoms with van der Waals surface area (Å²) in [7, 11) is 0. The minimum absolute atomic E-state index is 0.0445. The Balaban J connectivity index is 2.07. The van der Waals surface area contributed by atoms with Crippen molar-refractivity contribution in [2.75, 3.05) is 5.32 Å². The molecule has 144 valence electrons. The zero-order valence-electron chi connectivity index (χ0n) is 14.1. The first-order valence-corrected chi connectivity index (χ1v) is 7.94. The first-order valence-electron chi connectivity index (χ1n) is 7.57. The molecule has 1 aromatic heterocycles. The van der Waals surface area contributed by atoms with Crippen molar-refractivity contribution in [3.8, 4) is 0 Å². The van der Waals surface area contributed by atoms with Crippen LogP contribution in [0.4, 0.5) is 18.9 Å². The van der Waals surface area contributed by atoms with Gasteiger partial charge in [0.25, 0.3) is 5.91 Å². The Morgan fingerprint density at radius 3 is 2.44 bits per heavy atom. The molecule has 0 unspecified atom stereocenters. The van der Waals surface area contributed by atoms with E-state index in [1.165, 1.54) is 26.1 Å². The van der Waals surface area contributed by atoms with E-state index < -0.39 is 29.7 Å². The highest BCUT2D eigenvalue weighted by Crippen LogP contribution is 2.33. The summed E-state index contributed by atoms with van der Waals surface area (Å²) >= 11 is 5.80. The number of benzene rings is 1. The highest BCUT2D eigenvalue weighted by atomic mass is 35.5. The topological polar surface area (TPSA) is 88.3 Å². The third-order valence-electron chi connectivity index (χ3n) is 3.51. The van der Waals surface area contributed by atoms with E-state index in [1.807, 2.05) is 0 Å². The normalized spacial score (nSPS) is 12.4. The number of hydrogen-bond donors (Lipinski definition) is 2. The summed E-state index contributed by atoms with van der Waals surface area (Å²) in [5.74, 6) is -2.04. The number of anilines is 1. The van der Waals surface area contributed by atoms with Crippen LogP contribution in [0.25, 0.3) is 0 Å². The highest BCUT2D eigenvalue weighted by molar-refractivity contribution is 6.33. The first-order chi connectivity index (χ1) is 12.5. The number of Topliss-reactive ketones (excluding diaryl/α,β-unsaturated/α-hetero) is 1. The lowest BCUT2D eigenvalue weighted by molar-refractivity contribution is -0.137. The summed E-state index contributed by atoms with van der Waals surface area (Å²) in [6, 6.07) is 3.72. The first kappa shape index (κ1) is 20.5. The predicted molar refractivity (Wildman–Crippen MR) is 90.8 cm³/mol. The molecular formula is C17H14ClF3N2O4. The Morgan fingerprint density at radius 1 is 1.22 bits per heavy atom. The van der Waals surface area contributed by atoms with Gasteiger partial charge in [-0.3, -0.25) is 9.59 Å². The van der Waals surface area contributed by atoms with Gasteiger partial charge in [-0.25, -0.2) is 4.79 Å². The van der Waals surface area contributed by atoms with Gasteiger partial charge in [0.2, 0.25) is 0 Å². The van der Waals surface area contributed by atoms with Crippen molar-refractivity contribution < 1.29 is 32.3 Å². The molecular weight excluding hydrogens is 389 g/mol. The number of ketones is 1. The number of amides is 1. The summed E-state index contributed by atoms with van der Waals surface area (Å²) in [6.07, 6.45) is -4.62. The minimum atomic E-state index is -4.61. The van der Waals surface area contributed by atoms with E-state index in [4.69, 9.17) is 16.3 Å². The third kappa shape index (κ3) is 5.10. The third-order valence-corrected chi connectivity index (χ3v) is 3.84. The molecule has 0 aliphatic heterocycles. The van der Waals surface area contributed by atoms with Gasteiger partial charge in [-0.05, 0) is 38.1 Å². The van der Waals surface area contributed by atoms with Gasteiger partial charge in [0, 0.05) is 11.8 Å². The summed E-state index contributed by atoms with van der Waals surface area (Å²) in [5, 5.41) is 2.08. The molecule has 0 aliphatic carbocycles. The molecule has 1 heterocycles. The smallest absolute Gasteiger partial charge is 0.416 e. The van der Waals surface area contributed by atoms with Crippen LogP contribution in [0.3, 0.4) is 0 Å². The Hall–Kier alpha value is -2.81. The number of rotatable bonds is 5. The van der Waals surface area contributed by atoms with Crippen LogP contribution in [0.2, 0.25) is 5.02 Å². The lowest BCUT2D eigenvalue weighted by Gasteiger charge is -2.15. The summed E-state index contributed by atoms with van der Waals surface area (Å²) in [5.41, 5.74) is -1.04. The number of esters is 1. The van der Waals surface area contributed by atoms with Gasteiger partial charge in [-0.1, -0.05) is 11.6 Å². The van der Waals surface area contributed by atoms with Crippen molar-refractivity contribution in [3.63, 3.8) is 0 Å². The molecule has 0 radical (unpaired) electrons. The molecule has 10 heteroatoms. The molecule has 0 aliphatic rings. The highest BCUT2D eigenvalue weighted by Gasteiger charge is 2.31. The molecule has 0 saturated heterocycles. The molecule has 0 spiro atoms. The van der Waals surface area contributed by atoms with E-state index in [0.29, 0.717) is 6.07 Å². The van der Waals surface area contributed by atoms with E-state index in [0.717, 1.165) is 12.1 Å². The second kappa shape index (κ2) is 7.83. The second-order valence-corrected chi connectivity index (χ2v) is 5.99. The number of nitrogens with one attached hydrogen (secondary N) is 2. The van der Waals surface area contributed by atoms with Crippen LogP contribution in [0, 0.1) is 0 Å². The fourth-order valence-corrected chi connectivity index (χ4v) is 2.19. The summed E-state index contributed by atoms with van der Waals surface area (Å²) in [4.78, 5) is 37.9. The van der Waals surface area contributed by atoms with Gasteiger partial charge >= 0.3 is 12.1 Å². The average molecular weight is 403 g/mol. The number of carbonyl (C=O) groups is 3. The predicted octanol–water partition coefficient (Wildman–Crippen LogP) is 4.07.